The molecule has 0 fully saturated rings. The fourth-order valence-corrected chi connectivity index (χ4v) is 2.47. The molecule has 2 aromatic rings. The zero-order valence-electron chi connectivity index (χ0n) is 9.91. The smallest absolute Gasteiger partial charge is 0.127 e. The number of benzene rings is 2. The molecule has 1 unspecified atom stereocenters. The highest BCUT2D eigenvalue weighted by Gasteiger charge is 2.18. The lowest BCUT2D eigenvalue weighted by Gasteiger charge is -2.13. The summed E-state index contributed by atoms with van der Waals surface area (Å²) in [6.45, 7) is 0. The van der Waals surface area contributed by atoms with Crippen molar-refractivity contribution in [1.29, 1.82) is 5.26 Å². The van der Waals surface area contributed by atoms with Gasteiger partial charge in [0.25, 0.3) is 0 Å². The summed E-state index contributed by atoms with van der Waals surface area (Å²) in [6, 6.07) is 13.5. The predicted octanol–water partition coefficient (Wildman–Crippen LogP) is 4.98. The summed E-state index contributed by atoms with van der Waals surface area (Å²) in [6.07, 6.45) is 0.288. The van der Waals surface area contributed by atoms with Crippen LogP contribution >= 0.6 is 23.2 Å². The second-order valence-corrected chi connectivity index (χ2v) is 4.92. The van der Waals surface area contributed by atoms with Gasteiger partial charge in [-0.1, -0.05) is 47.5 Å². The van der Waals surface area contributed by atoms with Gasteiger partial charge in [0.05, 0.1) is 12.0 Å². The Bertz CT molecular complexity index is 614. The van der Waals surface area contributed by atoms with Crippen LogP contribution in [0.1, 0.15) is 17.0 Å². The molecule has 0 bridgehead atoms. The molecule has 0 saturated heterocycles. The van der Waals surface area contributed by atoms with Gasteiger partial charge in [0.1, 0.15) is 5.82 Å². The Morgan fingerprint density at radius 3 is 2.26 bits per heavy atom. The van der Waals surface area contributed by atoms with Gasteiger partial charge in [0.15, 0.2) is 0 Å². The maximum atomic E-state index is 13.7. The molecule has 0 N–H and O–H groups in total. The van der Waals surface area contributed by atoms with Crippen molar-refractivity contribution in [1.82, 2.24) is 0 Å². The number of rotatable bonds is 3. The molecule has 1 nitrogen and oxygen atoms in total. The number of nitriles is 1. The molecule has 0 aromatic heterocycles. The molecule has 2 aromatic carbocycles. The van der Waals surface area contributed by atoms with E-state index in [1.165, 1.54) is 6.07 Å². The number of nitrogens with zero attached hydrogens (tertiary/aromatic N) is 1. The summed E-state index contributed by atoms with van der Waals surface area (Å²) in [5.74, 6) is -1.00. The summed E-state index contributed by atoms with van der Waals surface area (Å²) in [5, 5.41) is 10.2. The maximum Gasteiger partial charge on any atom is 0.127 e. The van der Waals surface area contributed by atoms with Crippen molar-refractivity contribution in [3.63, 3.8) is 0 Å². The van der Waals surface area contributed by atoms with Crippen molar-refractivity contribution in [3.8, 4) is 6.07 Å². The highest BCUT2D eigenvalue weighted by molar-refractivity contribution is 6.36. The zero-order valence-corrected chi connectivity index (χ0v) is 11.4. The minimum atomic E-state index is -0.612. The topological polar surface area (TPSA) is 23.8 Å². The van der Waals surface area contributed by atoms with Crippen LogP contribution < -0.4 is 0 Å². The van der Waals surface area contributed by atoms with Crippen LogP contribution in [0.2, 0.25) is 10.0 Å². The van der Waals surface area contributed by atoms with Crippen molar-refractivity contribution >= 4 is 23.2 Å². The van der Waals surface area contributed by atoms with Gasteiger partial charge >= 0.3 is 0 Å². The molecule has 0 aliphatic rings. The molecular weight excluding hydrogens is 284 g/mol. The van der Waals surface area contributed by atoms with E-state index in [0.717, 1.165) is 0 Å². The fraction of sp³-hybridized carbons (Fsp3) is 0.133. The Kier molecular flexibility index (Phi) is 4.42. The van der Waals surface area contributed by atoms with Crippen molar-refractivity contribution in [2.75, 3.05) is 0 Å². The van der Waals surface area contributed by atoms with Crippen LogP contribution in [0.25, 0.3) is 0 Å². The Morgan fingerprint density at radius 2 is 1.68 bits per heavy atom. The van der Waals surface area contributed by atoms with E-state index < -0.39 is 11.7 Å². The number of hydrogen-bond acceptors (Lipinski definition) is 1. The molecule has 0 saturated carbocycles. The summed E-state index contributed by atoms with van der Waals surface area (Å²) in [4.78, 5) is 0. The molecule has 0 heterocycles. The zero-order chi connectivity index (χ0) is 13.8. The monoisotopic (exact) mass is 293 g/mol. The first-order chi connectivity index (χ1) is 9.13. The van der Waals surface area contributed by atoms with Gasteiger partial charge in [0.2, 0.25) is 0 Å². The lowest BCUT2D eigenvalue weighted by molar-refractivity contribution is 0.600. The largest absolute Gasteiger partial charge is 0.207 e. The molecule has 0 amide bonds. The number of halogens is 3. The highest BCUT2D eigenvalue weighted by Crippen LogP contribution is 2.30. The van der Waals surface area contributed by atoms with Crippen LogP contribution in [0.3, 0.4) is 0 Å². The standard InChI is InChI=1S/C15H10Cl2FN/c16-13-5-3-6-14(17)12(13)8-10(9-19)11-4-1-2-7-15(11)18/h1-7,10H,8H2. The van der Waals surface area contributed by atoms with Gasteiger partial charge in [-0.15, -0.1) is 0 Å². The summed E-state index contributed by atoms with van der Waals surface area (Å²) in [7, 11) is 0. The molecule has 19 heavy (non-hydrogen) atoms. The quantitative estimate of drug-likeness (QED) is 0.783. The first kappa shape index (κ1) is 13.9. The summed E-state index contributed by atoms with van der Waals surface area (Å²) >= 11 is 12.1. The first-order valence-electron chi connectivity index (χ1n) is 5.70. The molecule has 4 heteroatoms. The third kappa shape index (κ3) is 3.07. The Morgan fingerprint density at radius 1 is 1.05 bits per heavy atom. The summed E-state index contributed by atoms with van der Waals surface area (Å²) in [5.41, 5.74) is 1.03. The van der Waals surface area contributed by atoms with Crippen LogP contribution in [-0.2, 0) is 6.42 Å². The SMILES string of the molecule is N#CC(Cc1c(Cl)cccc1Cl)c1ccccc1F. The third-order valence-corrected chi connectivity index (χ3v) is 3.61. The van der Waals surface area contributed by atoms with E-state index in [2.05, 4.69) is 6.07 Å². The van der Waals surface area contributed by atoms with Crippen LogP contribution in [-0.4, -0.2) is 0 Å². The molecule has 1 atom stereocenters. The van der Waals surface area contributed by atoms with E-state index in [-0.39, 0.29) is 6.42 Å². The molecular formula is C15H10Cl2FN. The van der Waals surface area contributed by atoms with Gasteiger partial charge in [0, 0.05) is 15.6 Å². The first-order valence-corrected chi connectivity index (χ1v) is 6.46. The van der Waals surface area contributed by atoms with Crippen LogP contribution in [0.4, 0.5) is 4.39 Å². The lowest BCUT2D eigenvalue weighted by atomic mass is 9.93. The van der Waals surface area contributed by atoms with E-state index in [9.17, 15) is 9.65 Å². The van der Waals surface area contributed by atoms with Crippen LogP contribution in [0.15, 0.2) is 42.5 Å². The van der Waals surface area contributed by atoms with E-state index in [1.54, 1.807) is 36.4 Å². The van der Waals surface area contributed by atoms with Crippen molar-refractivity contribution in [3.05, 3.63) is 69.5 Å². The number of hydrogen-bond donors (Lipinski definition) is 0. The fourth-order valence-electron chi connectivity index (χ4n) is 1.91. The lowest BCUT2D eigenvalue weighted by Crippen LogP contribution is -2.04. The second-order valence-electron chi connectivity index (χ2n) is 4.11. The minimum Gasteiger partial charge on any atom is -0.207 e. The van der Waals surface area contributed by atoms with Crippen LogP contribution in [0, 0.1) is 17.1 Å². The van der Waals surface area contributed by atoms with Crippen LogP contribution in [0.5, 0.6) is 0 Å². The molecule has 0 radical (unpaired) electrons. The van der Waals surface area contributed by atoms with E-state index in [0.29, 0.717) is 21.2 Å². The Labute approximate surface area is 121 Å². The van der Waals surface area contributed by atoms with Gasteiger partial charge < -0.3 is 0 Å². The van der Waals surface area contributed by atoms with Gasteiger partial charge in [-0.3, -0.25) is 0 Å². The van der Waals surface area contributed by atoms with Gasteiger partial charge in [-0.05, 0) is 30.2 Å². The predicted molar refractivity (Wildman–Crippen MR) is 74.9 cm³/mol. The van der Waals surface area contributed by atoms with E-state index >= 15 is 0 Å². The normalized spacial score (nSPS) is 11.9. The van der Waals surface area contributed by atoms with Crippen molar-refractivity contribution in [2.24, 2.45) is 0 Å². The van der Waals surface area contributed by atoms with E-state index in [4.69, 9.17) is 23.2 Å². The van der Waals surface area contributed by atoms with Gasteiger partial charge in [-0.25, -0.2) is 4.39 Å². The maximum absolute atomic E-state index is 13.7. The van der Waals surface area contributed by atoms with Crippen molar-refractivity contribution in [2.45, 2.75) is 12.3 Å². The second kappa shape index (κ2) is 6.06. The average molecular weight is 294 g/mol. The summed E-state index contributed by atoms with van der Waals surface area (Å²) < 4.78 is 13.7. The highest BCUT2D eigenvalue weighted by atomic mass is 35.5. The molecule has 0 spiro atoms. The molecule has 0 aliphatic carbocycles. The Hall–Kier alpha value is -1.56. The van der Waals surface area contributed by atoms with E-state index in [1.807, 2.05) is 0 Å². The average Bonchev–Trinajstić information content (AvgIpc) is 2.40. The van der Waals surface area contributed by atoms with Crippen molar-refractivity contribution < 1.29 is 4.39 Å². The third-order valence-electron chi connectivity index (χ3n) is 2.91. The van der Waals surface area contributed by atoms with Gasteiger partial charge in [-0.2, -0.15) is 5.26 Å². The molecule has 0 aliphatic heterocycles. The Balaban J connectivity index is 2.36. The molecule has 96 valence electrons. The molecule has 2 rings (SSSR count). The minimum absolute atomic E-state index is 0.288.